The minimum atomic E-state index is 0.145. The van der Waals surface area contributed by atoms with E-state index in [4.69, 9.17) is 10.5 Å². The van der Waals surface area contributed by atoms with Crippen LogP contribution in [0.5, 0.6) is 5.75 Å². The molecule has 3 heteroatoms. The second-order valence-corrected chi connectivity index (χ2v) is 4.62. The van der Waals surface area contributed by atoms with Gasteiger partial charge in [-0.2, -0.15) is 0 Å². The van der Waals surface area contributed by atoms with E-state index < -0.39 is 0 Å². The van der Waals surface area contributed by atoms with Crippen molar-refractivity contribution in [2.75, 3.05) is 20.3 Å². The number of hydrogen-bond donors (Lipinski definition) is 2. The molecule has 0 aliphatic heterocycles. The molecule has 0 aromatic heterocycles. The van der Waals surface area contributed by atoms with Crippen molar-refractivity contribution in [2.45, 2.75) is 20.3 Å². The molecule has 0 heterocycles. The lowest BCUT2D eigenvalue weighted by molar-refractivity contribution is 0.186. The largest absolute Gasteiger partial charge is 0.496 e. The van der Waals surface area contributed by atoms with Crippen LogP contribution in [0.15, 0.2) is 18.2 Å². The van der Waals surface area contributed by atoms with E-state index in [2.05, 4.69) is 19.9 Å². The monoisotopic (exact) mass is 237 g/mol. The van der Waals surface area contributed by atoms with Gasteiger partial charge in [-0.1, -0.05) is 19.1 Å². The fourth-order valence-electron chi connectivity index (χ4n) is 2.10. The summed E-state index contributed by atoms with van der Waals surface area (Å²) in [6.07, 6.45) is 0.887. The van der Waals surface area contributed by atoms with Gasteiger partial charge in [0.25, 0.3) is 0 Å². The van der Waals surface area contributed by atoms with Crippen molar-refractivity contribution in [1.82, 2.24) is 0 Å². The number of aliphatic hydroxyl groups excluding tert-OH is 1. The van der Waals surface area contributed by atoms with Crippen molar-refractivity contribution in [1.29, 1.82) is 0 Å². The molecule has 2 unspecified atom stereocenters. The maximum Gasteiger partial charge on any atom is 0.122 e. The van der Waals surface area contributed by atoms with Crippen molar-refractivity contribution in [3.8, 4) is 5.75 Å². The SMILES string of the molecule is COc1cccc(C)c1CC(C)C(CN)CO. The highest BCUT2D eigenvalue weighted by molar-refractivity contribution is 5.39. The Balaban J connectivity index is 2.86. The lowest BCUT2D eigenvalue weighted by atomic mass is 9.87. The van der Waals surface area contributed by atoms with Crippen LogP contribution in [0.1, 0.15) is 18.1 Å². The lowest BCUT2D eigenvalue weighted by Gasteiger charge is -2.22. The van der Waals surface area contributed by atoms with E-state index in [0.29, 0.717) is 12.5 Å². The molecule has 0 bridgehead atoms. The average molecular weight is 237 g/mol. The van der Waals surface area contributed by atoms with Gasteiger partial charge in [0.05, 0.1) is 7.11 Å². The molecule has 96 valence electrons. The third-order valence-corrected chi connectivity index (χ3v) is 3.46. The van der Waals surface area contributed by atoms with E-state index in [9.17, 15) is 5.11 Å². The Morgan fingerprint density at radius 1 is 1.41 bits per heavy atom. The zero-order valence-corrected chi connectivity index (χ0v) is 10.9. The first-order valence-corrected chi connectivity index (χ1v) is 6.07. The minimum absolute atomic E-state index is 0.145. The molecule has 0 saturated heterocycles. The Hall–Kier alpha value is -1.06. The number of aliphatic hydroxyl groups is 1. The molecule has 1 aromatic carbocycles. The summed E-state index contributed by atoms with van der Waals surface area (Å²) in [5.41, 5.74) is 8.10. The third-order valence-electron chi connectivity index (χ3n) is 3.46. The Morgan fingerprint density at radius 3 is 2.65 bits per heavy atom. The third kappa shape index (κ3) is 3.45. The predicted octanol–water partition coefficient (Wildman–Crippen LogP) is 1.75. The first-order chi connectivity index (χ1) is 8.13. The van der Waals surface area contributed by atoms with Gasteiger partial charge in [0, 0.05) is 6.61 Å². The molecule has 0 saturated carbocycles. The van der Waals surface area contributed by atoms with Gasteiger partial charge in [-0.15, -0.1) is 0 Å². The molecule has 0 spiro atoms. The van der Waals surface area contributed by atoms with Crippen LogP contribution in [-0.2, 0) is 6.42 Å². The summed E-state index contributed by atoms with van der Waals surface area (Å²) in [6.45, 7) is 4.87. The molecule has 0 radical (unpaired) electrons. The topological polar surface area (TPSA) is 55.5 Å². The summed E-state index contributed by atoms with van der Waals surface area (Å²) < 4.78 is 5.38. The van der Waals surface area contributed by atoms with Crippen molar-refractivity contribution in [3.63, 3.8) is 0 Å². The van der Waals surface area contributed by atoms with E-state index in [0.717, 1.165) is 12.2 Å². The second-order valence-electron chi connectivity index (χ2n) is 4.62. The number of ether oxygens (including phenoxy) is 1. The summed E-state index contributed by atoms with van der Waals surface area (Å²) in [7, 11) is 1.69. The zero-order chi connectivity index (χ0) is 12.8. The summed E-state index contributed by atoms with van der Waals surface area (Å²) >= 11 is 0. The Bertz CT molecular complexity index is 348. The van der Waals surface area contributed by atoms with E-state index >= 15 is 0 Å². The summed E-state index contributed by atoms with van der Waals surface area (Å²) in [6, 6.07) is 6.06. The number of benzene rings is 1. The molecular formula is C14H23NO2. The highest BCUT2D eigenvalue weighted by atomic mass is 16.5. The van der Waals surface area contributed by atoms with E-state index in [1.807, 2.05) is 12.1 Å². The number of methoxy groups -OCH3 is 1. The predicted molar refractivity (Wildman–Crippen MR) is 70.2 cm³/mol. The Kier molecular flexibility index (Phi) is 5.45. The smallest absolute Gasteiger partial charge is 0.122 e. The molecule has 1 aromatic rings. The van der Waals surface area contributed by atoms with Crippen LogP contribution >= 0.6 is 0 Å². The Labute approximate surface area is 104 Å². The summed E-state index contributed by atoms with van der Waals surface area (Å²) in [5, 5.41) is 9.26. The first-order valence-electron chi connectivity index (χ1n) is 6.07. The minimum Gasteiger partial charge on any atom is -0.496 e. The van der Waals surface area contributed by atoms with Gasteiger partial charge in [0.15, 0.2) is 0 Å². The fraction of sp³-hybridized carbons (Fsp3) is 0.571. The van der Waals surface area contributed by atoms with Crippen LogP contribution in [-0.4, -0.2) is 25.4 Å². The van der Waals surface area contributed by atoms with E-state index in [-0.39, 0.29) is 12.5 Å². The molecule has 0 fully saturated rings. The van der Waals surface area contributed by atoms with Gasteiger partial charge >= 0.3 is 0 Å². The molecule has 3 N–H and O–H groups in total. The molecule has 3 nitrogen and oxygen atoms in total. The van der Waals surface area contributed by atoms with Crippen LogP contribution in [0.3, 0.4) is 0 Å². The first kappa shape index (κ1) is 14.0. The maximum atomic E-state index is 9.26. The lowest BCUT2D eigenvalue weighted by Crippen LogP contribution is -2.26. The summed E-state index contributed by atoms with van der Waals surface area (Å²) in [5.74, 6) is 1.42. The van der Waals surface area contributed by atoms with Gasteiger partial charge in [-0.25, -0.2) is 0 Å². The number of nitrogens with two attached hydrogens (primary N) is 1. The summed E-state index contributed by atoms with van der Waals surface area (Å²) in [4.78, 5) is 0. The second kappa shape index (κ2) is 6.62. The highest BCUT2D eigenvalue weighted by Gasteiger charge is 2.18. The van der Waals surface area contributed by atoms with Crippen molar-refractivity contribution in [3.05, 3.63) is 29.3 Å². The van der Waals surface area contributed by atoms with Crippen LogP contribution in [0, 0.1) is 18.8 Å². The molecule has 17 heavy (non-hydrogen) atoms. The van der Waals surface area contributed by atoms with Gasteiger partial charge in [0.1, 0.15) is 5.75 Å². The quantitative estimate of drug-likeness (QED) is 0.792. The van der Waals surface area contributed by atoms with Gasteiger partial charge in [-0.3, -0.25) is 0 Å². The molecule has 0 aliphatic rings. The molecule has 0 aliphatic carbocycles. The Morgan fingerprint density at radius 2 is 2.12 bits per heavy atom. The zero-order valence-electron chi connectivity index (χ0n) is 10.9. The molecule has 1 rings (SSSR count). The molecule has 0 amide bonds. The van der Waals surface area contributed by atoms with Crippen molar-refractivity contribution in [2.24, 2.45) is 17.6 Å². The standard InChI is InChI=1S/C14H23NO2/c1-10-5-4-6-14(17-3)13(10)7-11(2)12(8-15)9-16/h4-6,11-12,16H,7-9,15H2,1-3H3. The molecular weight excluding hydrogens is 214 g/mol. The van der Waals surface area contributed by atoms with Crippen LogP contribution in [0.2, 0.25) is 0 Å². The highest BCUT2D eigenvalue weighted by Crippen LogP contribution is 2.27. The normalized spacial score (nSPS) is 14.4. The fourth-order valence-corrected chi connectivity index (χ4v) is 2.10. The number of hydrogen-bond acceptors (Lipinski definition) is 3. The van der Waals surface area contributed by atoms with Gasteiger partial charge in [-0.05, 0) is 48.9 Å². The number of rotatable bonds is 6. The van der Waals surface area contributed by atoms with Crippen molar-refractivity contribution < 1.29 is 9.84 Å². The maximum absolute atomic E-state index is 9.26. The van der Waals surface area contributed by atoms with Crippen LogP contribution < -0.4 is 10.5 Å². The van der Waals surface area contributed by atoms with E-state index in [1.165, 1.54) is 11.1 Å². The molecule has 2 atom stereocenters. The van der Waals surface area contributed by atoms with Gasteiger partial charge < -0.3 is 15.6 Å². The van der Waals surface area contributed by atoms with Crippen LogP contribution in [0.4, 0.5) is 0 Å². The van der Waals surface area contributed by atoms with E-state index in [1.54, 1.807) is 7.11 Å². The number of aryl methyl sites for hydroxylation is 1. The van der Waals surface area contributed by atoms with Crippen LogP contribution in [0.25, 0.3) is 0 Å². The average Bonchev–Trinajstić information content (AvgIpc) is 2.33. The van der Waals surface area contributed by atoms with Crippen molar-refractivity contribution >= 4 is 0 Å². The van der Waals surface area contributed by atoms with Gasteiger partial charge in [0.2, 0.25) is 0 Å².